The summed E-state index contributed by atoms with van der Waals surface area (Å²) >= 11 is 0. The second-order valence-corrected chi connectivity index (χ2v) is 11.1. The van der Waals surface area contributed by atoms with Crippen molar-refractivity contribution in [3.8, 4) is 0 Å². The highest BCUT2D eigenvalue weighted by Crippen LogP contribution is 2.25. The molecule has 1 saturated heterocycles. The molecule has 1 unspecified atom stereocenters. The molecular formula is C28H39N3O3. The number of benzene rings is 2. The van der Waals surface area contributed by atoms with Crippen LogP contribution in [0.1, 0.15) is 57.5 Å². The van der Waals surface area contributed by atoms with Gasteiger partial charge < -0.3 is 15.0 Å². The molecule has 34 heavy (non-hydrogen) atoms. The van der Waals surface area contributed by atoms with Gasteiger partial charge in [-0.05, 0) is 56.0 Å². The molecule has 0 spiro atoms. The number of anilines is 1. The van der Waals surface area contributed by atoms with E-state index < -0.39 is 23.2 Å². The number of Topliss-reactive ketones (excluding diaryl/α,β-unsaturated/α-hetero) is 1. The Labute approximate surface area is 204 Å². The van der Waals surface area contributed by atoms with Gasteiger partial charge in [-0.2, -0.15) is 0 Å². The zero-order valence-corrected chi connectivity index (χ0v) is 21.4. The lowest BCUT2D eigenvalue weighted by atomic mass is 9.82. The summed E-state index contributed by atoms with van der Waals surface area (Å²) in [6.07, 6.45) is -0.578. The third-order valence-corrected chi connectivity index (χ3v) is 5.93. The number of piperazine rings is 1. The molecule has 6 nitrogen and oxygen atoms in total. The Kier molecular flexibility index (Phi) is 8.03. The number of ketones is 1. The van der Waals surface area contributed by atoms with Crippen LogP contribution in [0.15, 0.2) is 54.6 Å². The number of rotatable bonds is 6. The number of nitrogens with zero attached hydrogens (tertiary/aromatic N) is 2. The van der Waals surface area contributed by atoms with Crippen molar-refractivity contribution in [1.29, 1.82) is 0 Å². The van der Waals surface area contributed by atoms with Crippen molar-refractivity contribution in [2.24, 2.45) is 5.41 Å². The minimum absolute atomic E-state index is 0.113. The molecule has 1 heterocycles. The first-order valence-electron chi connectivity index (χ1n) is 12.1. The average molecular weight is 466 g/mol. The number of hydrogen-bond donors (Lipinski definition) is 1. The molecule has 0 bridgehead atoms. The van der Waals surface area contributed by atoms with Gasteiger partial charge in [0.05, 0.1) is 0 Å². The average Bonchev–Trinajstić information content (AvgIpc) is 2.76. The molecule has 1 atom stereocenters. The van der Waals surface area contributed by atoms with Crippen LogP contribution in [0.5, 0.6) is 0 Å². The third-order valence-electron chi connectivity index (χ3n) is 5.93. The van der Waals surface area contributed by atoms with Gasteiger partial charge >= 0.3 is 6.09 Å². The van der Waals surface area contributed by atoms with E-state index in [0.29, 0.717) is 5.56 Å². The second kappa shape index (κ2) is 10.6. The van der Waals surface area contributed by atoms with E-state index >= 15 is 0 Å². The van der Waals surface area contributed by atoms with Crippen LogP contribution < -0.4 is 10.2 Å². The molecule has 6 heteroatoms. The quantitative estimate of drug-likeness (QED) is 0.599. The molecule has 1 aliphatic rings. The van der Waals surface area contributed by atoms with Crippen LogP contribution in [0, 0.1) is 5.41 Å². The molecule has 184 valence electrons. The van der Waals surface area contributed by atoms with Crippen molar-refractivity contribution in [3.05, 3.63) is 65.7 Å². The van der Waals surface area contributed by atoms with E-state index in [-0.39, 0.29) is 5.78 Å². The summed E-state index contributed by atoms with van der Waals surface area (Å²) in [4.78, 5) is 30.5. The number of amides is 1. The monoisotopic (exact) mass is 465 g/mol. The number of carbonyl (C=O) groups is 2. The van der Waals surface area contributed by atoms with Gasteiger partial charge in [0.25, 0.3) is 0 Å². The number of ether oxygens (including phenoxy) is 1. The van der Waals surface area contributed by atoms with Crippen molar-refractivity contribution in [2.45, 2.75) is 59.7 Å². The third kappa shape index (κ3) is 7.32. The van der Waals surface area contributed by atoms with Gasteiger partial charge in [0.1, 0.15) is 11.6 Å². The topological polar surface area (TPSA) is 61.9 Å². The Balaban J connectivity index is 1.61. The van der Waals surface area contributed by atoms with E-state index in [9.17, 15) is 9.59 Å². The van der Waals surface area contributed by atoms with E-state index in [1.807, 2.05) is 51.1 Å². The molecule has 0 saturated carbocycles. The van der Waals surface area contributed by atoms with Crippen LogP contribution >= 0.6 is 0 Å². The predicted molar refractivity (Wildman–Crippen MR) is 137 cm³/mol. The van der Waals surface area contributed by atoms with Crippen LogP contribution in [0.4, 0.5) is 10.5 Å². The normalized spacial score (nSPS) is 16.1. The van der Waals surface area contributed by atoms with Crippen molar-refractivity contribution in [3.63, 3.8) is 0 Å². The molecule has 1 amide bonds. The zero-order valence-electron chi connectivity index (χ0n) is 21.4. The number of carbonyl (C=O) groups excluding carboxylic acids is 2. The fraction of sp³-hybridized carbons (Fsp3) is 0.500. The first-order valence-corrected chi connectivity index (χ1v) is 12.1. The lowest BCUT2D eigenvalue weighted by Crippen LogP contribution is -2.50. The zero-order chi connectivity index (χ0) is 24.9. The first kappa shape index (κ1) is 25.8. The van der Waals surface area contributed by atoms with E-state index in [0.717, 1.165) is 38.4 Å². The highest BCUT2D eigenvalue weighted by Gasteiger charge is 2.34. The molecule has 2 aromatic carbocycles. The molecule has 1 N–H and O–H groups in total. The Bertz CT molecular complexity index is 951. The van der Waals surface area contributed by atoms with Gasteiger partial charge in [-0.25, -0.2) is 4.79 Å². The summed E-state index contributed by atoms with van der Waals surface area (Å²) in [6.45, 7) is 16.1. The predicted octanol–water partition coefficient (Wildman–Crippen LogP) is 5.13. The van der Waals surface area contributed by atoms with Crippen LogP contribution in [0.25, 0.3) is 0 Å². The summed E-state index contributed by atoms with van der Waals surface area (Å²) in [5.74, 6) is -0.113. The molecule has 0 aromatic heterocycles. The largest absolute Gasteiger partial charge is 0.444 e. The molecule has 1 aliphatic heterocycles. The molecular weight excluding hydrogens is 426 g/mol. The van der Waals surface area contributed by atoms with Crippen molar-refractivity contribution >= 4 is 17.6 Å². The lowest BCUT2D eigenvalue weighted by Gasteiger charge is -2.36. The van der Waals surface area contributed by atoms with E-state index in [2.05, 4.69) is 39.4 Å². The summed E-state index contributed by atoms with van der Waals surface area (Å²) < 4.78 is 5.38. The van der Waals surface area contributed by atoms with Gasteiger partial charge in [-0.15, -0.1) is 0 Å². The number of alkyl carbamates (subject to hydrolysis) is 1. The van der Waals surface area contributed by atoms with Crippen molar-refractivity contribution in [1.82, 2.24) is 10.2 Å². The van der Waals surface area contributed by atoms with Crippen LogP contribution in [0.3, 0.4) is 0 Å². The van der Waals surface area contributed by atoms with Gasteiger partial charge in [-0.3, -0.25) is 9.69 Å². The minimum Gasteiger partial charge on any atom is -0.444 e. The Morgan fingerprint density at radius 2 is 1.47 bits per heavy atom. The van der Waals surface area contributed by atoms with E-state index in [1.165, 1.54) is 5.56 Å². The maximum atomic E-state index is 13.3. The second-order valence-electron chi connectivity index (χ2n) is 11.1. The lowest BCUT2D eigenvalue weighted by molar-refractivity contribution is 0.0446. The first-order chi connectivity index (χ1) is 15.9. The Hall–Kier alpha value is -2.86. The maximum Gasteiger partial charge on any atom is 0.408 e. The smallest absolute Gasteiger partial charge is 0.408 e. The molecule has 0 aliphatic carbocycles. The van der Waals surface area contributed by atoms with Gasteiger partial charge in [0.2, 0.25) is 0 Å². The highest BCUT2D eigenvalue weighted by atomic mass is 16.6. The number of nitrogens with one attached hydrogen (secondary N) is 1. The van der Waals surface area contributed by atoms with Crippen LogP contribution in [0.2, 0.25) is 0 Å². The van der Waals surface area contributed by atoms with Crippen molar-refractivity contribution in [2.75, 3.05) is 31.1 Å². The van der Waals surface area contributed by atoms with Crippen LogP contribution in [-0.4, -0.2) is 54.6 Å². The molecule has 0 radical (unpaired) electrons. The van der Waals surface area contributed by atoms with E-state index in [4.69, 9.17) is 4.74 Å². The summed E-state index contributed by atoms with van der Waals surface area (Å²) in [7, 11) is 0. The molecule has 1 fully saturated rings. The van der Waals surface area contributed by atoms with E-state index in [1.54, 1.807) is 20.8 Å². The Morgan fingerprint density at radius 1 is 0.882 bits per heavy atom. The Morgan fingerprint density at radius 3 is 2.00 bits per heavy atom. The standard InChI is InChI=1S/C28H39N3O3/c1-27(2,3)25(29-26(33)34-28(4,5)6)24(32)22-12-14-23(15-13-22)31-18-16-30(17-19-31)20-21-10-8-7-9-11-21/h7-15,25H,16-20H2,1-6H3,(H,29,33). The van der Waals surface area contributed by atoms with Crippen molar-refractivity contribution < 1.29 is 14.3 Å². The molecule has 3 rings (SSSR count). The number of hydrogen-bond acceptors (Lipinski definition) is 5. The summed E-state index contributed by atoms with van der Waals surface area (Å²) in [5, 5.41) is 2.79. The van der Waals surface area contributed by atoms with Crippen LogP contribution in [-0.2, 0) is 11.3 Å². The summed E-state index contributed by atoms with van der Waals surface area (Å²) in [6, 6.07) is 17.6. The SMILES string of the molecule is CC(C)(C)OC(=O)NC(C(=O)c1ccc(N2CCN(Cc3ccccc3)CC2)cc1)C(C)(C)C. The highest BCUT2D eigenvalue weighted by molar-refractivity contribution is 6.02. The minimum atomic E-state index is -0.685. The van der Waals surface area contributed by atoms with Gasteiger partial charge in [0, 0.05) is 44.0 Å². The fourth-order valence-electron chi connectivity index (χ4n) is 4.11. The molecule has 2 aromatic rings. The van der Waals surface area contributed by atoms with Gasteiger partial charge in [-0.1, -0.05) is 51.1 Å². The maximum absolute atomic E-state index is 13.3. The van der Waals surface area contributed by atoms with Gasteiger partial charge in [0.15, 0.2) is 5.78 Å². The summed E-state index contributed by atoms with van der Waals surface area (Å²) in [5.41, 5.74) is 1.96. The fourth-order valence-corrected chi connectivity index (χ4v) is 4.11.